The van der Waals surface area contributed by atoms with Gasteiger partial charge in [-0.1, -0.05) is 47.7 Å². The van der Waals surface area contributed by atoms with Crippen LogP contribution in [0.25, 0.3) is 0 Å². The van der Waals surface area contributed by atoms with Crippen molar-refractivity contribution < 1.29 is 14.1 Å². The Labute approximate surface area is 167 Å². The van der Waals surface area contributed by atoms with Crippen LogP contribution in [0.1, 0.15) is 21.8 Å². The van der Waals surface area contributed by atoms with E-state index in [0.717, 1.165) is 5.56 Å². The third-order valence-electron chi connectivity index (χ3n) is 4.42. The fraction of sp³-hybridized carbons (Fsp3) is 0.200. The lowest BCUT2D eigenvalue weighted by Crippen LogP contribution is -2.48. The number of nitrogens with one attached hydrogen (secondary N) is 1. The zero-order valence-corrected chi connectivity index (χ0v) is 16.0. The number of nitrogens with zero attached hydrogens (tertiary/aromatic N) is 3. The number of hydrogen-bond donors (Lipinski definition) is 1. The van der Waals surface area contributed by atoms with Crippen LogP contribution in [0.15, 0.2) is 59.3 Å². The number of aromatic nitrogens is 2. The fourth-order valence-electron chi connectivity index (χ4n) is 2.97. The van der Waals surface area contributed by atoms with Gasteiger partial charge in [-0.05, 0) is 17.7 Å². The van der Waals surface area contributed by atoms with Crippen molar-refractivity contribution >= 4 is 28.9 Å². The third kappa shape index (κ3) is 3.72. The van der Waals surface area contributed by atoms with Crippen molar-refractivity contribution in [2.24, 2.45) is 0 Å². The predicted octanol–water partition coefficient (Wildman–Crippen LogP) is 2.62. The van der Waals surface area contributed by atoms with E-state index in [1.54, 1.807) is 30.3 Å². The van der Waals surface area contributed by atoms with Crippen molar-refractivity contribution in [3.05, 3.63) is 71.7 Å². The Morgan fingerprint density at radius 3 is 2.93 bits per heavy atom. The first-order valence-electron chi connectivity index (χ1n) is 8.77. The average molecular weight is 394 g/mol. The minimum atomic E-state index is -0.490. The molecule has 1 aromatic carbocycles. The molecular formula is C20H18N4O3S. The highest BCUT2D eigenvalue weighted by atomic mass is 32.1. The molecule has 1 aliphatic heterocycles. The van der Waals surface area contributed by atoms with Gasteiger partial charge in [-0.2, -0.15) is 0 Å². The zero-order chi connectivity index (χ0) is 19.5. The minimum Gasteiger partial charge on any atom is -0.487 e. The molecule has 0 unspecified atom stereocenters. The van der Waals surface area contributed by atoms with Gasteiger partial charge in [0.15, 0.2) is 17.3 Å². The summed E-state index contributed by atoms with van der Waals surface area (Å²) in [5.74, 6) is 1.49. The van der Waals surface area contributed by atoms with Gasteiger partial charge in [-0.15, -0.1) is 0 Å². The number of ether oxygens (including phenoxy) is 1. The number of benzene rings is 1. The van der Waals surface area contributed by atoms with Crippen molar-refractivity contribution in [2.75, 3.05) is 18.6 Å². The summed E-state index contributed by atoms with van der Waals surface area (Å²) in [4.78, 5) is 19.2. The number of fused-ring (bicyclic) bond motifs is 1. The molecule has 1 N–H and O–H groups in total. The third-order valence-corrected chi connectivity index (χ3v) is 4.98. The zero-order valence-electron chi connectivity index (χ0n) is 15.2. The first-order chi connectivity index (χ1) is 13.6. The Hall–Kier alpha value is -3.26. The molecule has 4 rings (SSSR count). The summed E-state index contributed by atoms with van der Waals surface area (Å²) in [6.07, 6.45) is 2.24. The lowest BCUT2D eigenvalue weighted by molar-refractivity contribution is 0.0928. The molecule has 0 radical (unpaired) electrons. The summed E-state index contributed by atoms with van der Waals surface area (Å²) in [6, 6.07) is 14.6. The van der Waals surface area contributed by atoms with Crippen molar-refractivity contribution in [3.8, 4) is 5.75 Å². The molecular weight excluding hydrogens is 376 g/mol. The Morgan fingerprint density at radius 1 is 1.29 bits per heavy atom. The van der Waals surface area contributed by atoms with Gasteiger partial charge in [0.05, 0.1) is 0 Å². The van der Waals surface area contributed by atoms with Crippen LogP contribution >= 0.6 is 12.2 Å². The van der Waals surface area contributed by atoms with Crippen molar-refractivity contribution in [3.63, 3.8) is 0 Å². The summed E-state index contributed by atoms with van der Waals surface area (Å²) in [5.41, 5.74) is 1.28. The Morgan fingerprint density at radius 2 is 2.11 bits per heavy atom. The van der Waals surface area contributed by atoms with E-state index in [2.05, 4.69) is 15.5 Å². The molecule has 0 aliphatic carbocycles. The van der Waals surface area contributed by atoms with Crippen LogP contribution in [0, 0.1) is 0 Å². The molecule has 28 heavy (non-hydrogen) atoms. The van der Waals surface area contributed by atoms with Gasteiger partial charge < -0.3 is 19.5 Å². The second kappa shape index (κ2) is 7.77. The second-order valence-corrected chi connectivity index (χ2v) is 6.82. The van der Waals surface area contributed by atoms with E-state index in [0.29, 0.717) is 28.7 Å². The number of rotatable bonds is 4. The molecule has 0 fully saturated rings. The number of carbonyl (C=O) groups is 1. The lowest BCUT2D eigenvalue weighted by atomic mass is 10.1. The smallest absolute Gasteiger partial charge is 0.274 e. The van der Waals surface area contributed by atoms with Gasteiger partial charge >= 0.3 is 0 Å². The monoisotopic (exact) mass is 394 g/mol. The van der Waals surface area contributed by atoms with E-state index in [-0.39, 0.29) is 18.2 Å². The molecule has 8 heteroatoms. The van der Waals surface area contributed by atoms with Crippen LogP contribution in [-0.4, -0.2) is 40.7 Å². The minimum absolute atomic E-state index is 0.205. The first-order valence-corrected chi connectivity index (χ1v) is 9.18. The van der Waals surface area contributed by atoms with E-state index in [1.807, 2.05) is 36.4 Å². The molecule has 142 valence electrons. The average Bonchev–Trinajstić information content (AvgIpc) is 3.15. The number of carbonyl (C=O) groups excluding carboxylic acids is 1. The van der Waals surface area contributed by atoms with Gasteiger partial charge in [0, 0.05) is 25.7 Å². The van der Waals surface area contributed by atoms with Crippen LogP contribution in [0.4, 0.5) is 5.82 Å². The molecule has 3 heterocycles. The van der Waals surface area contributed by atoms with E-state index < -0.39 is 6.04 Å². The lowest BCUT2D eigenvalue weighted by Gasteiger charge is -2.22. The van der Waals surface area contributed by atoms with Crippen LogP contribution in [0.2, 0.25) is 0 Å². The highest BCUT2D eigenvalue weighted by molar-refractivity contribution is 7.80. The molecule has 0 spiro atoms. The quantitative estimate of drug-likeness (QED) is 0.681. The normalized spacial score (nSPS) is 16.1. The SMILES string of the molecule is CN1C(=S)[C@@H](NC(=O)c2cc(Cc3ccccc3)on2)COc2cccnc21. The van der Waals surface area contributed by atoms with Gasteiger partial charge in [-0.25, -0.2) is 4.98 Å². The molecule has 0 saturated heterocycles. The summed E-state index contributed by atoms with van der Waals surface area (Å²) < 4.78 is 11.1. The maximum absolute atomic E-state index is 12.6. The van der Waals surface area contributed by atoms with Gasteiger partial charge in [-0.3, -0.25) is 4.79 Å². The van der Waals surface area contributed by atoms with Crippen LogP contribution in [-0.2, 0) is 6.42 Å². The highest BCUT2D eigenvalue weighted by Gasteiger charge is 2.29. The summed E-state index contributed by atoms with van der Waals surface area (Å²) in [5, 5.41) is 6.76. The Balaban J connectivity index is 1.45. The van der Waals surface area contributed by atoms with Gasteiger partial charge in [0.2, 0.25) is 0 Å². The van der Waals surface area contributed by atoms with E-state index >= 15 is 0 Å². The standard InChI is InChI=1S/C20H18N4O3S/c1-24-18-17(8-5-9-21-18)26-12-16(20(24)28)22-19(25)15-11-14(27-23-15)10-13-6-3-2-4-7-13/h2-9,11,16H,10,12H2,1H3,(H,22,25)/t16-/m0/s1. The van der Waals surface area contributed by atoms with Crippen molar-refractivity contribution in [1.29, 1.82) is 0 Å². The highest BCUT2D eigenvalue weighted by Crippen LogP contribution is 2.27. The van der Waals surface area contributed by atoms with Gasteiger partial charge in [0.25, 0.3) is 5.91 Å². The molecule has 0 saturated carbocycles. The molecule has 1 atom stereocenters. The molecule has 1 amide bonds. The van der Waals surface area contributed by atoms with E-state index in [9.17, 15) is 4.79 Å². The first kappa shape index (κ1) is 18.1. The van der Waals surface area contributed by atoms with E-state index in [1.165, 1.54) is 0 Å². The predicted molar refractivity (Wildman–Crippen MR) is 108 cm³/mol. The van der Waals surface area contributed by atoms with Crippen LogP contribution < -0.4 is 15.0 Å². The number of amides is 1. The molecule has 7 nitrogen and oxygen atoms in total. The fourth-order valence-corrected chi connectivity index (χ4v) is 3.18. The number of thiocarbonyl (C=S) groups is 1. The van der Waals surface area contributed by atoms with Crippen molar-refractivity contribution in [2.45, 2.75) is 12.5 Å². The Kier molecular flexibility index (Phi) is 5.03. The topological polar surface area (TPSA) is 80.5 Å². The largest absolute Gasteiger partial charge is 0.487 e. The van der Waals surface area contributed by atoms with Crippen LogP contribution in [0.3, 0.4) is 0 Å². The maximum atomic E-state index is 12.6. The molecule has 1 aliphatic rings. The second-order valence-electron chi connectivity index (χ2n) is 6.40. The Bertz CT molecular complexity index is 1010. The summed E-state index contributed by atoms with van der Waals surface area (Å²) in [7, 11) is 1.80. The van der Waals surface area contributed by atoms with Crippen molar-refractivity contribution in [1.82, 2.24) is 15.5 Å². The maximum Gasteiger partial charge on any atom is 0.274 e. The summed E-state index contributed by atoms with van der Waals surface area (Å²) in [6.45, 7) is 0.211. The van der Waals surface area contributed by atoms with Gasteiger partial charge in [0.1, 0.15) is 23.4 Å². The molecule has 2 aromatic heterocycles. The molecule has 3 aromatic rings. The number of anilines is 1. The summed E-state index contributed by atoms with van der Waals surface area (Å²) >= 11 is 5.52. The number of pyridine rings is 1. The van der Waals surface area contributed by atoms with E-state index in [4.69, 9.17) is 21.5 Å². The van der Waals surface area contributed by atoms with Crippen LogP contribution in [0.5, 0.6) is 5.75 Å². The molecule has 0 bridgehead atoms. The number of likely N-dealkylation sites (N-methyl/N-ethyl adjacent to an activating group) is 1. The number of hydrogen-bond acceptors (Lipinski definition) is 6.